The molecule has 0 bridgehead atoms. The molecule has 0 aliphatic carbocycles. The average Bonchev–Trinajstić information content (AvgIpc) is 1.98. The van der Waals surface area contributed by atoms with Gasteiger partial charge in [-0.3, -0.25) is 0 Å². The van der Waals surface area contributed by atoms with Gasteiger partial charge >= 0.3 is 0 Å². The first-order chi connectivity index (χ1) is 5.24. The highest BCUT2D eigenvalue weighted by Gasteiger charge is 1.97. The number of rotatable bonds is 1. The number of nitrogens with zero attached hydrogens (tertiary/aromatic N) is 1. The smallest absolute Gasteiger partial charge is 0.211 e. The molecule has 0 unspecified atom stereocenters. The molecule has 4 heteroatoms. The standard InChI is InChI=1S/C7H3FINO/c8-6-2-1-5(10-4-11)3-7(6)9/h1-3H. The van der Waals surface area contributed by atoms with E-state index >= 15 is 0 Å². The number of isocyanates is 1. The summed E-state index contributed by atoms with van der Waals surface area (Å²) in [6, 6.07) is 4.15. The first kappa shape index (κ1) is 8.36. The fourth-order valence-electron chi connectivity index (χ4n) is 0.607. The van der Waals surface area contributed by atoms with Crippen molar-refractivity contribution in [3.05, 3.63) is 27.6 Å². The Morgan fingerprint density at radius 3 is 2.82 bits per heavy atom. The number of benzene rings is 1. The summed E-state index contributed by atoms with van der Waals surface area (Å²) in [5.74, 6) is -0.310. The Morgan fingerprint density at radius 2 is 2.27 bits per heavy atom. The van der Waals surface area contributed by atoms with Crippen molar-refractivity contribution in [1.29, 1.82) is 0 Å². The normalized spacial score (nSPS) is 8.91. The minimum atomic E-state index is -0.310. The third-order valence-electron chi connectivity index (χ3n) is 1.08. The van der Waals surface area contributed by atoms with Crippen molar-refractivity contribution in [3.63, 3.8) is 0 Å². The minimum Gasteiger partial charge on any atom is -0.211 e. The molecule has 11 heavy (non-hydrogen) atoms. The fourth-order valence-corrected chi connectivity index (χ4v) is 1.11. The molecule has 2 nitrogen and oxygen atoms in total. The van der Waals surface area contributed by atoms with Gasteiger partial charge in [-0.15, -0.1) is 0 Å². The van der Waals surface area contributed by atoms with E-state index in [1.165, 1.54) is 24.3 Å². The Labute approximate surface area is 76.3 Å². The molecule has 0 heterocycles. The molecule has 0 N–H and O–H groups in total. The van der Waals surface area contributed by atoms with E-state index in [1.807, 2.05) is 22.6 Å². The Balaban J connectivity index is 3.14. The van der Waals surface area contributed by atoms with Crippen LogP contribution in [0.2, 0.25) is 0 Å². The molecule has 1 aromatic rings. The summed E-state index contributed by atoms with van der Waals surface area (Å²) in [5, 5.41) is 0. The van der Waals surface area contributed by atoms with Crippen molar-refractivity contribution in [3.8, 4) is 0 Å². The van der Waals surface area contributed by atoms with E-state index in [9.17, 15) is 9.18 Å². The topological polar surface area (TPSA) is 29.4 Å². The lowest BCUT2D eigenvalue weighted by Gasteiger charge is -1.93. The first-order valence-corrected chi connectivity index (χ1v) is 3.85. The van der Waals surface area contributed by atoms with Crippen LogP contribution in [0.15, 0.2) is 23.2 Å². The average molecular weight is 263 g/mol. The highest BCUT2D eigenvalue weighted by Crippen LogP contribution is 2.17. The van der Waals surface area contributed by atoms with Gasteiger partial charge in [-0.1, -0.05) is 0 Å². The third kappa shape index (κ3) is 2.10. The Bertz CT molecular complexity index is 320. The van der Waals surface area contributed by atoms with Gasteiger partial charge in [0.2, 0.25) is 6.08 Å². The maximum absolute atomic E-state index is 12.6. The first-order valence-electron chi connectivity index (χ1n) is 2.77. The summed E-state index contributed by atoms with van der Waals surface area (Å²) in [4.78, 5) is 13.1. The minimum absolute atomic E-state index is 0.310. The van der Waals surface area contributed by atoms with Gasteiger partial charge < -0.3 is 0 Å². The fraction of sp³-hybridized carbons (Fsp3) is 0. The van der Waals surface area contributed by atoms with E-state index in [0.717, 1.165) is 0 Å². The third-order valence-corrected chi connectivity index (χ3v) is 1.90. The highest BCUT2D eigenvalue weighted by atomic mass is 127. The van der Waals surface area contributed by atoms with Crippen LogP contribution >= 0.6 is 22.6 Å². The summed E-state index contributed by atoms with van der Waals surface area (Å²) in [7, 11) is 0. The zero-order valence-electron chi connectivity index (χ0n) is 5.34. The van der Waals surface area contributed by atoms with Crippen LogP contribution < -0.4 is 0 Å². The Kier molecular flexibility index (Phi) is 2.73. The van der Waals surface area contributed by atoms with E-state index in [2.05, 4.69) is 4.99 Å². The van der Waals surface area contributed by atoms with Gasteiger partial charge in [-0.25, -0.2) is 9.18 Å². The maximum atomic E-state index is 12.6. The molecule has 0 fully saturated rings. The summed E-state index contributed by atoms with van der Waals surface area (Å²) in [5.41, 5.74) is 0.422. The molecule has 1 aromatic carbocycles. The monoisotopic (exact) mass is 263 g/mol. The molecule has 0 saturated heterocycles. The van der Waals surface area contributed by atoms with Gasteiger partial charge in [-0.05, 0) is 40.8 Å². The van der Waals surface area contributed by atoms with Crippen molar-refractivity contribution >= 4 is 34.4 Å². The molecule has 0 atom stereocenters. The van der Waals surface area contributed by atoms with Crippen molar-refractivity contribution in [2.75, 3.05) is 0 Å². The zero-order valence-corrected chi connectivity index (χ0v) is 7.50. The quantitative estimate of drug-likeness (QED) is 0.434. The molecule has 0 amide bonds. The SMILES string of the molecule is O=C=Nc1ccc(F)c(I)c1. The van der Waals surface area contributed by atoms with E-state index < -0.39 is 0 Å². The summed E-state index contributed by atoms with van der Waals surface area (Å²) in [6.07, 6.45) is 1.38. The molecule has 1 rings (SSSR count). The Hall–Kier alpha value is -0.740. The molecule has 0 aliphatic rings. The molecule has 0 radical (unpaired) electrons. The molecule has 0 aliphatic heterocycles. The van der Waals surface area contributed by atoms with Crippen LogP contribution in [0.1, 0.15) is 0 Å². The molecule has 0 aromatic heterocycles. The van der Waals surface area contributed by atoms with E-state index in [-0.39, 0.29) is 5.82 Å². The summed E-state index contributed by atoms with van der Waals surface area (Å²) < 4.78 is 13.0. The molecular weight excluding hydrogens is 260 g/mol. The van der Waals surface area contributed by atoms with Crippen LogP contribution in [0.5, 0.6) is 0 Å². The zero-order chi connectivity index (χ0) is 8.27. The van der Waals surface area contributed by atoms with Crippen LogP contribution in [-0.2, 0) is 4.79 Å². The van der Waals surface area contributed by atoms with Gasteiger partial charge in [-0.2, -0.15) is 4.99 Å². The molecule has 0 spiro atoms. The van der Waals surface area contributed by atoms with E-state index in [1.54, 1.807) is 0 Å². The van der Waals surface area contributed by atoms with Crippen LogP contribution in [0.25, 0.3) is 0 Å². The molecule has 56 valence electrons. The predicted octanol–water partition coefficient (Wildman–Crippen LogP) is 2.40. The van der Waals surface area contributed by atoms with Gasteiger partial charge in [0.15, 0.2) is 0 Å². The van der Waals surface area contributed by atoms with E-state index in [4.69, 9.17) is 0 Å². The summed E-state index contributed by atoms with van der Waals surface area (Å²) >= 11 is 1.82. The van der Waals surface area contributed by atoms with Gasteiger partial charge in [0.25, 0.3) is 0 Å². The van der Waals surface area contributed by atoms with Gasteiger partial charge in [0.1, 0.15) is 5.82 Å². The van der Waals surface area contributed by atoms with Crippen molar-refractivity contribution < 1.29 is 9.18 Å². The molecular formula is C7H3FINO. The lowest BCUT2D eigenvalue weighted by Crippen LogP contribution is -1.78. The van der Waals surface area contributed by atoms with Gasteiger partial charge in [0.05, 0.1) is 9.26 Å². The highest BCUT2D eigenvalue weighted by molar-refractivity contribution is 14.1. The number of carbonyl (C=O) groups excluding carboxylic acids is 1. The van der Waals surface area contributed by atoms with Crippen LogP contribution in [0.4, 0.5) is 10.1 Å². The lowest BCUT2D eigenvalue weighted by atomic mass is 10.3. The van der Waals surface area contributed by atoms with Crippen LogP contribution in [0, 0.1) is 9.39 Å². The van der Waals surface area contributed by atoms with Gasteiger partial charge in [0, 0.05) is 0 Å². The number of hydrogen-bond donors (Lipinski definition) is 0. The lowest BCUT2D eigenvalue weighted by molar-refractivity contribution is 0.565. The second kappa shape index (κ2) is 3.59. The van der Waals surface area contributed by atoms with Crippen molar-refractivity contribution in [2.24, 2.45) is 4.99 Å². The molecule has 0 saturated carbocycles. The van der Waals surface area contributed by atoms with Crippen molar-refractivity contribution in [1.82, 2.24) is 0 Å². The largest absolute Gasteiger partial charge is 0.240 e. The van der Waals surface area contributed by atoms with Crippen LogP contribution in [-0.4, -0.2) is 6.08 Å². The predicted molar refractivity (Wildman–Crippen MR) is 46.9 cm³/mol. The second-order valence-electron chi connectivity index (χ2n) is 1.80. The number of aliphatic imine (C=N–C) groups is 1. The maximum Gasteiger partial charge on any atom is 0.240 e. The second-order valence-corrected chi connectivity index (χ2v) is 2.96. The number of halogens is 2. The number of hydrogen-bond acceptors (Lipinski definition) is 2. The van der Waals surface area contributed by atoms with Crippen LogP contribution in [0.3, 0.4) is 0 Å². The Morgan fingerprint density at radius 1 is 1.55 bits per heavy atom. The van der Waals surface area contributed by atoms with E-state index in [0.29, 0.717) is 9.26 Å². The van der Waals surface area contributed by atoms with Crippen molar-refractivity contribution in [2.45, 2.75) is 0 Å². The summed E-state index contributed by atoms with van der Waals surface area (Å²) in [6.45, 7) is 0.